The van der Waals surface area contributed by atoms with Gasteiger partial charge in [0.1, 0.15) is 0 Å². The predicted molar refractivity (Wildman–Crippen MR) is 57.9 cm³/mol. The highest BCUT2D eigenvalue weighted by atomic mass is 16.2. The molecular formula is C11H22N2O. The van der Waals surface area contributed by atoms with Crippen molar-refractivity contribution in [3.8, 4) is 0 Å². The summed E-state index contributed by atoms with van der Waals surface area (Å²) in [5.74, 6) is 0.679. The van der Waals surface area contributed by atoms with Crippen LogP contribution in [0.5, 0.6) is 0 Å². The third kappa shape index (κ3) is 2.98. The molecule has 14 heavy (non-hydrogen) atoms. The Kier molecular flexibility index (Phi) is 3.93. The van der Waals surface area contributed by atoms with Crippen molar-refractivity contribution in [1.82, 2.24) is 5.32 Å². The zero-order valence-electron chi connectivity index (χ0n) is 9.31. The molecule has 3 heteroatoms. The van der Waals surface area contributed by atoms with E-state index in [9.17, 15) is 4.79 Å². The Morgan fingerprint density at radius 1 is 1.50 bits per heavy atom. The minimum absolute atomic E-state index is 0.00750. The maximum atomic E-state index is 11.6. The lowest BCUT2D eigenvalue weighted by molar-refractivity contribution is -0.126. The maximum absolute atomic E-state index is 11.6. The summed E-state index contributed by atoms with van der Waals surface area (Å²) in [4.78, 5) is 11.6. The number of carbonyl (C=O) groups excluding carboxylic acids is 1. The summed E-state index contributed by atoms with van der Waals surface area (Å²) in [7, 11) is 0. The number of hydrogen-bond acceptors (Lipinski definition) is 2. The van der Waals surface area contributed by atoms with Gasteiger partial charge in [-0.2, -0.15) is 0 Å². The van der Waals surface area contributed by atoms with Crippen molar-refractivity contribution >= 4 is 5.91 Å². The summed E-state index contributed by atoms with van der Waals surface area (Å²) < 4.78 is 0. The molecule has 0 saturated heterocycles. The van der Waals surface area contributed by atoms with Crippen LogP contribution in [0.15, 0.2) is 0 Å². The summed E-state index contributed by atoms with van der Waals surface area (Å²) in [5.41, 5.74) is 5.14. The summed E-state index contributed by atoms with van der Waals surface area (Å²) >= 11 is 0. The fraction of sp³-hybridized carbons (Fsp3) is 0.909. The summed E-state index contributed by atoms with van der Waals surface area (Å²) in [6.07, 6.45) is 5.83. The molecule has 0 spiro atoms. The van der Waals surface area contributed by atoms with Gasteiger partial charge in [0.2, 0.25) is 5.91 Å². The Morgan fingerprint density at radius 3 is 2.57 bits per heavy atom. The van der Waals surface area contributed by atoms with Gasteiger partial charge < -0.3 is 11.1 Å². The monoisotopic (exact) mass is 198 g/mol. The third-order valence-electron chi connectivity index (χ3n) is 3.28. The van der Waals surface area contributed by atoms with Crippen LogP contribution in [0.4, 0.5) is 0 Å². The molecule has 0 aromatic rings. The van der Waals surface area contributed by atoms with Crippen molar-refractivity contribution in [2.75, 3.05) is 6.54 Å². The molecule has 1 unspecified atom stereocenters. The van der Waals surface area contributed by atoms with Crippen molar-refractivity contribution in [2.45, 2.75) is 51.5 Å². The zero-order valence-corrected chi connectivity index (χ0v) is 9.31. The van der Waals surface area contributed by atoms with Crippen molar-refractivity contribution in [1.29, 1.82) is 0 Å². The fourth-order valence-corrected chi connectivity index (χ4v) is 1.81. The van der Waals surface area contributed by atoms with Gasteiger partial charge in [-0.25, -0.2) is 0 Å². The van der Waals surface area contributed by atoms with Crippen LogP contribution in [0.25, 0.3) is 0 Å². The molecule has 1 atom stereocenters. The van der Waals surface area contributed by atoms with Gasteiger partial charge in [0.25, 0.3) is 0 Å². The molecule has 3 N–H and O–H groups in total. The molecule has 0 heterocycles. The van der Waals surface area contributed by atoms with E-state index in [2.05, 4.69) is 5.32 Å². The Labute approximate surface area is 86.4 Å². The third-order valence-corrected chi connectivity index (χ3v) is 3.28. The average molecular weight is 198 g/mol. The first kappa shape index (κ1) is 11.5. The van der Waals surface area contributed by atoms with Gasteiger partial charge in [0, 0.05) is 6.54 Å². The number of nitrogens with one attached hydrogen (secondary N) is 1. The predicted octanol–water partition coefficient (Wildman–Crippen LogP) is 1.42. The highest BCUT2D eigenvalue weighted by Gasteiger charge is 2.26. The standard InChI is InChI=1S/C11H22N2O/c1-3-11(2,12)10(14)13-8-9-6-4-5-7-9/h9H,3-8,12H2,1-2H3,(H,13,14). The van der Waals surface area contributed by atoms with Crippen molar-refractivity contribution in [2.24, 2.45) is 11.7 Å². The molecule has 0 aromatic heterocycles. The molecule has 1 aliphatic rings. The number of carbonyl (C=O) groups is 1. The number of hydrogen-bond donors (Lipinski definition) is 2. The lowest BCUT2D eigenvalue weighted by Gasteiger charge is -2.22. The molecule has 0 bridgehead atoms. The molecule has 3 nitrogen and oxygen atoms in total. The van der Waals surface area contributed by atoms with E-state index in [0.717, 1.165) is 6.54 Å². The summed E-state index contributed by atoms with van der Waals surface area (Å²) in [6.45, 7) is 4.54. The highest BCUT2D eigenvalue weighted by Crippen LogP contribution is 2.23. The van der Waals surface area contributed by atoms with Crippen LogP contribution in [0.1, 0.15) is 46.0 Å². The molecule has 1 aliphatic carbocycles. The van der Waals surface area contributed by atoms with E-state index in [-0.39, 0.29) is 5.91 Å². The molecule has 1 amide bonds. The first-order valence-electron chi connectivity index (χ1n) is 5.63. The fourth-order valence-electron chi connectivity index (χ4n) is 1.81. The van der Waals surface area contributed by atoms with Crippen LogP contribution < -0.4 is 11.1 Å². The van der Waals surface area contributed by atoms with Gasteiger partial charge in [-0.05, 0) is 32.1 Å². The van der Waals surface area contributed by atoms with Gasteiger partial charge >= 0.3 is 0 Å². The SMILES string of the molecule is CCC(C)(N)C(=O)NCC1CCCC1. The van der Waals surface area contributed by atoms with Gasteiger partial charge in [0.15, 0.2) is 0 Å². The first-order chi connectivity index (χ1) is 6.56. The Hall–Kier alpha value is -0.570. The van der Waals surface area contributed by atoms with E-state index in [0.29, 0.717) is 12.3 Å². The molecular weight excluding hydrogens is 176 g/mol. The van der Waals surface area contributed by atoms with E-state index < -0.39 is 5.54 Å². The number of amides is 1. The van der Waals surface area contributed by atoms with E-state index >= 15 is 0 Å². The molecule has 0 aliphatic heterocycles. The highest BCUT2D eigenvalue weighted by molar-refractivity contribution is 5.85. The second-order valence-electron chi connectivity index (χ2n) is 4.63. The van der Waals surface area contributed by atoms with E-state index in [1.165, 1.54) is 25.7 Å². The molecule has 1 rings (SSSR count). The first-order valence-corrected chi connectivity index (χ1v) is 5.63. The quantitative estimate of drug-likeness (QED) is 0.718. The van der Waals surface area contributed by atoms with E-state index in [1.54, 1.807) is 6.92 Å². The summed E-state index contributed by atoms with van der Waals surface area (Å²) in [5, 5.41) is 2.95. The van der Waals surface area contributed by atoms with Crippen LogP contribution in [-0.4, -0.2) is 18.0 Å². The molecule has 1 fully saturated rings. The lowest BCUT2D eigenvalue weighted by Crippen LogP contribution is -2.51. The second-order valence-corrected chi connectivity index (χ2v) is 4.63. The van der Waals surface area contributed by atoms with E-state index in [4.69, 9.17) is 5.73 Å². The van der Waals surface area contributed by atoms with Crippen LogP contribution in [0.2, 0.25) is 0 Å². The summed E-state index contributed by atoms with van der Waals surface area (Å²) in [6, 6.07) is 0. The minimum atomic E-state index is -0.696. The number of nitrogens with two attached hydrogens (primary N) is 1. The van der Waals surface area contributed by atoms with Crippen LogP contribution in [0.3, 0.4) is 0 Å². The zero-order chi connectivity index (χ0) is 10.6. The second kappa shape index (κ2) is 4.78. The largest absolute Gasteiger partial charge is 0.354 e. The normalized spacial score (nSPS) is 21.9. The van der Waals surface area contributed by atoms with Crippen molar-refractivity contribution < 1.29 is 4.79 Å². The smallest absolute Gasteiger partial charge is 0.239 e. The Balaban J connectivity index is 2.26. The maximum Gasteiger partial charge on any atom is 0.239 e. The van der Waals surface area contributed by atoms with E-state index in [1.807, 2.05) is 6.92 Å². The van der Waals surface area contributed by atoms with Crippen molar-refractivity contribution in [3.63, 3.8) is 0 Å². The molecule has 82 valence electrons. The van der Waals surface area contributed by atoms with Crippen LogP contribution >= 0.6 is 0 Å². The average Bonchev–Trinajstić information content (AvgIpc) is 2.66. The van der Waals surface area contributed by atoms with Gasteiger partial charge in [-0.1, -0.05) is 19.8 Å². The lowest BCUT2D eigenvalue weighted by atomic mass is 9.99. The Morgan fingerprint density at radius 2 is 2.07 bits per heavy atom. The van der Waals surface area contributed by atoms with Gasteiger partial charge in [-0.15, -0.1) is 0 Å². The van der Waals surface area contributed by atoms with Crippen LogP contribution in [0, 0.1) is 5.92 Å². The van der Waals surface area contributed by atoms with Crippen LogP contribution in [-0.2, 0) is 4.79 Å². The minimum Gasteiger partial charge on any atom is -0.354 e. The Bertz CT molecular complexity index is 195. The molecule has 0 aromatic carbocycles. The van der Waals surface area contributed by atoms with Crippen molar-refractivity contribution in [3.05, 3.63) is 0 Å². The molecule has 0 radical (unpaired) electrons. The molecule has 1 saturated carbocycles. The topological polar surface area (TPSA) is 55.1 Å². The van der Waals surface area contributed by atoms with Gasteiger partial charge in [0.05, 0.1) is 5.54 Å². The van der Waals surface area contributed by atoms with Gasteiger partial charge in [-0.3, -0.25) is 4.79 Å². The number of rotatable bonds is 4.